The highest BCUT2D eigenvalue weighted by atomic mass is 32.2. The molecule has 1 aromatic heterocycles. The fourth-order valence-corrected chi connectivity index (χ4v) is 4.09. The number of anilines is 1. The molecule has 2 aromatic rings. The lowest BCUT2D eigenvalue weighted by molar-refractivity contribution is 0.209. The Balaban J connectivity index is 1.80. The minimum atomic E-state index is -3.83. The topological polar surface area (TPSA) is 121 Å². The summed E-state index contributed by atoms with van der Waals surface area (Å²) in [5, 5.41) is 5.03. The number of fused-ring (bicyclic) bond motifs is 3. The van der Waals surface area contributed by atoms with Crippen LogP contribution in [0.15, 0.2) is 53.2 Å². The number of nitrogens with zero attached hydrogens (tertiary/aromatic N) is 3. The van der Waals surface area contributed by atoms with Crippen molar-refractivity contribution in [2.24, 2.45) is 10.1 Å². The van der Waals surface area contributed by atoms with Crippen LogP contribution < -0.4 is 9.86 Å². The van der Waals surface area contributed by atoms with Gasteiger partial charge in [-0.1, -0.05) is 0 Å². The van der Waals surface area contributed by atoms with Gasteiger partial charge in [0, 0.05) is 23.4 Å². The van der Waals surface area contributed by atoms with Crippen LogP contribution in [0, 0.1) is 0 Å². The number of methoxy groups -OCH3 is 2. The Kier molecular flexibility index (Phi) is 4.47. The number of nitrogens with one attached hydrogen (secondary N) is 1. The summed E-state index contributed by atoms with van der Waals surface area (Å²) in [4.78, 5) is 9.20. The number of allylic oxidation sites excluding steroid dienone is 1. The molecule has 0 bridgehead atoms. The van der Waals surface area contributed by atoms with Crippen molar-refractivity contribution in [2.45, 2.75) is 18.9 Å². The van der Waals surface area contributed by atoms with Gasteiger partial charge in [0.15, 0.2) is 5.76 Å². The van der Waals surface area contributed by atoms with Crippen LogP contribution in [-0.4, -0.2) is 43.9 Å². The molecule has 0 fully saturated rings. The van der Waals surface area contributed by atoms with Crippen LogP contribution in [0.1, 0.15) is 24.7 Å². The van der Waals surface area contributed by atoms with Crippen LogP contribution >= 0.6 is 0 Å². The van der Waals surface area contributed by atoms with Gasteiger partial charge in [0.25, 0.3) is 10.2 Å². The normalized spacial score (nSPS) is 20.6. The second-order valence-electron chi connectivity index (χ2n) is 7.00. The maximum absolute atomic E-state index is 11.2. The molecule has 3 N–H and O–H groups in total. The van der Waals surface area contributed by atoms with E-state index in [0.717, 1.165) is 28.4 Å². The van der Waals surface area contributed by atoms with Gasteiger partial charge in [-0.05, 0) is 37.3 Å². The van der Waals surface area contributed by atoms with Gasteiger partial charge >= 0.3 is 0 Å². The highest BCUT2D eigenvalue weighted by Gasteiger charge is 2.40. The third-order valence-electron chi connectivity index (χ3n) is 5.03. The first-order valence-corrected chi connectivity index (χ1v) is 10.4. The van der Waals surface area contributed by atoms with Crippen LogP contribution in [0.2, 0.25) is 0 Å². The van der Waals surface area contributed by atoms with Crippen molar-refractivity contribution in [3.05, 3.63) is 59.6 Å². The van der Waals surface area contributed by atoms with Crippen LogP contribution in [-0.2, 0) is 19.7 Å². The second-order valence-corrected chi connectivity index (χ2v) is 8.30. The molecule has 152 valence electrons. The van der Waals surface area contributed by atoms with Crippen LogP contribution in [0.3, 0.4) is 0 Å². The third-order valence-corrected chi connectivity index (χ3v) is 5.55. The Morgan fingerprint density at radius 2 is 1.93 bits per heavy atom. The first-order chi connectivity index (χ1) is 13.7. The summed E-state index contributed by atoms with van der Waals surface area (Å²) in [5.74, 6) is 1.40. The predicted octanol–water partition coefficient (Wildman–Crippen LogP) is 1.97. The maximum atomic E-state index is 11.2. The predicted molar refractivity (Wildman–Crippen MR) is 110 cm³/mol. The number of imidazole rings is 1. The van der Waals surface area contributed by atoms with Crippen molar-refractivity contribution in [2.75, 3.05) is 18.9 Å². The first-order valence-electron chi connectivity index (χ1n) is 8.81. The summed E-state index contributed by atoms with van der Waals surface area (Å²) in [6.45, 7) is 2.04. The van der Waals surface area contributed by atoms with Crippen LogP contribution in [0.5, 0.6) is 0 Å². The molecule has 0 saturated heterocycles. The minimum Gasteiger partial charge on any atom is -0.497 e. The van der Waals surface area contributed by atoms with E-state index in [1.54, 1.807) is 51.0 Å². The standard InChI is InChI=1S/C19H21N5O4S/c1-19-9-17(28-3)16(27-2)8-14(19)18-15(10-22-19)21-11-24(18)13-6-4-12(5-7-13)23-29(20,25)26/h4-8,10-11,23H,9H2,1-3H3,(H2,20,25,26). The number of aliphatic imine (C=N–C) groups is 1. The van der Waals surface area contributed by atoms with Crippen molar-refractivity contribution in [1.29, 1.82) is 0 Å². The number of rotatable bonds is 5. The molecule has 0 amide bonds. The SMILES string of the molecule is COC1=C(OC)CC2(C)N=Cc3ncn(-c4ccc(NS(N)(=O)=O)cc4)c3C2=C1. The molecule has 1 unspecified atom stereocenters. The first kappa shape index (κ1) is 19.2. The molecule has 1 aromatic carbocycles. The molecule has 29 heavy (non-hydrogen) atoms. The minimum absolute atomic E-state index is 0.378. The fraction of sp³-hybridized carbons (Fsp3) is 0.263. The van der Waals surface area contributed by atoms with Crippen LogP contribution in [0.4, 0.5) is 5.69 Å². The summed E-state index contributed by atoms with van der Waals surface area (Å²) in [7, 11) is -0.598. The van der Waals surface area contributed by atoms with Gasteiger partial charge in [0.2, 0.25) is 0 Å². The molecule has 1 aliphatic heterocycles. The summed E-state index contributed by atoms with van der Waals surface area (Å²) in [6.07, 6.45) is 5.99. The quantitative estimate of drug-likeness (QED) is 0.773. The molecule has 0 saturated carbocycles. The van der Waals surface area contributed by atoms with Crippen molar-refractivity contribution >= 4 is 27.7 Å². The molecule has 0 spiro atoms. The number of ether oxygens (including phenoxy) is 2. The Hall–Kier alpha value is -3.11. The molecule has 1 aliphatic carbocycles. The Labute approximate surface area is 168 Å². The largest absolute Gasteiger partial charge is 0.497 e. The lowest BCUT2D eigenvalue weighted by atomic mass is 9.80. The lowest BCUT2D eigenvalue weighted by Gasteiger charge is -2.35. The second kappa shape index (κ2) is 6.75. The zero-order valence-electron chi connectivity index (χ0n) is 16.2. The van der Waals surface area contributed by atoms with Gasteiger partial charge < -0.3 is 9.47 Å². The fourth-order valence-electron chi connectivity index (χ4n) is 3.62. The van der Waals surface area contributed by atoms with Crippen molar-refractivity contribution in [1.82, 2.24) is 9.55 Å². The Morgan fingerprint density at radius 3 is 2.55 bits per heavy atom. The molecular weight excluding hydrogens is 394 g/mol. The zero-order valence-corrected chi connectivity index (χ0v) is 17.0. The zero-order chi connectivity index (χ0) is 20.8. The highest BCUT2D eigenvalue weighted by Crippen LogP contribution is 2.44. The summed E-state index contributed by atoms with van der Waals surface area (Å²) in [6, 6.07) is 6.85. The van der Waals surface area contributed by atoms with E-state index in [9.17, 15) is 8.42 Å². The van der Waals surface area contributed by atoms with Gasteiger partial charge in [-0.3, -0.25) is 14.3 Å². The van der Waals surface area contributed by atoms with Gasteiger partial charge in [0.05, 0.1) is 31.7 Å². The summed E-state index contributed by atoms with van der Waals surface area (Å²) < 4.78 is 37.6. The molecule has 9 nitrogen and oxygen atoms in total. The van der Waals surface area contributed by atoms with E-state index in [1.165, 1.54) is 0 Å². The monoisotopic (exact) mass is 415 g/mol. The number of aromatic nitrogens is 2. The molecule has 2 aliphatic rings. The van der Waals surface area contributed by atoms with Crippen molar-refractivity contribution < 1.29 is 17.9 Å². The number of hydrogen-bond donors (Lipinski definition) is 2. The number of benzene rings is 1. The van der Waals surface area contributed by atoms with E-state index >= 15 is 0 Å². The highest BCUT2D eigenvalue weighted by molar-refractivity contribution is 7.90. The van der Waals surface area contributed by atoms with E-state index in [0.29, 0.717) is 17.9 Å². The van der Waals surface area contributed by atoms with Crippen molar-refractivity contribution in [3.8, 4) is 5.69 Å². The molecule has 0 radical (unpaired) electrons. The van der Waals surface area contributed by atoms with E-state index in [2.05, 4.69) is 9.71 Å². The summed E-state index contributed by atoms with van der Waals surface area (Å²) >= 11 is 0. The van der Waals surface area contributed by atoms with Gasteiger partial charge in [-0.25, -0.2) is 10.1 Å². The van der Waals surface area contributed by atoms with Crippen LogP contribution in [0.25, 0.3) is 11.3 Å². The Bertz CT molecular complexity index is 1160. The molecular formula is C19H21N5O4S. The lowest BCUT2D eigenvalue weighted by Crippen LogP contribution is -2.32. The van der Waals surface area contributed by atoms with Gasteiger partial charge in [-0.15, -0.1) is 0 Å². The average molecular weight is 415 g/mol. The van der Waals surface area contributed by atoms with E-state index in [-0.39, 0.29) is 0 Å². The summed E-state index contributed by atoms with van der Waals surface area (Å²) in [5.41, 5.74) is 3.31. The maximum Gasteiger partial charge on any atom is 0.296 e. The average Bonchev–Trinajstić information content (AvgIpc) is 3.10. The Morgan fingerprint density at radius 1 is 1.21 bits per heavy atom. The van der Waals surface area contributed by atoms with E-state index in [1.807, 2.05) is 17.6 Å². The van der Waals surface area contributed by atoms with E-state index in [4.69, 9.17) is 19.6 Å². The number of nitrogens with two attached hydrogens (primary N) is 1. The molecule has 1 atom stereocenters. The molecule has 2 heterocycles. The third kappa shape index (κ3) is 3.40. The smallest absolute Gasteiger partial charge is 0.296 e. The van der Waals surface area contributed by atoms with Gasteiger partial charge in [-0.2, -0.15) is 8.42 Å². The van der Waals surface area contributed by atoms with E-state index < -0.39 is 15.7 Å². The molecule has 10 heteroatoms. The van der Waals surface area contributed by atoms with Crippen molar-refractivity contribution in [3.63, 3.8) is 0 Å². The number of hydrogen-bond acceptors (Lipinski definition) is 6. The van der Waals surface area contributed by atoms with Gasteiger partial charge in [0.1, 0.15) is 17.8 Å². The molecule has 4 rings (SSSR count).